The standard InChI is InChI=1S/C20H23N3O6/c1-27-15-7-8-18(19(11-15)23(25)26)22-20(24)12-21-14-4-2-5-16(10-14)29-13-17-6-3-9-28-17/h2,4-5,7-8,10-11,17,21H,3,6,9,12-13H2,1H3,(H,22,24)/t17-/m1/s1. The molecule has 0 bridgehead atoms. The second-order valence-electron chi connectivity index (χ2n) is 6.52. The molecule has 2 aromatic carbocycles. The molecule has 1 aliphatic rings. The van der Waals surface area contributed by atoms with Gasteiger partial charge in [0, 0.05) is 18.4 Å². The summed E-state index contributed by atoms with van der Waals surface area (Å²) in [7, 11) is 1.42. The molecule has 9 heteroatoms. The van der Waals surface area contributed by atoms with Gasteiger partial charge in [-0.05, 0) is 37.1 Å². The summed E-state index contributed by atoms with van der Waals surface area (Å²) in [4.78, 5) is 22.9. The topological polar surface area (TPSA) is 112 Å². The van der Waals surface area contributed by atoms with Crippen LogP contribution in [0.5, 0.6) is 11.5 Å². The number of nitrogens with one attached hydrogen (secondary N) is 2. The van der Waals surface area contributed by atoms with E-state index in [0.717, 1.165) is 19.4 Å². The number of ether oxygens (including phenoxy) is 3. The molecule has 1 atom stereocenters. The highest BCUT2D eigenvalue weighted by Gasteiger charge is 2.18. The number of rotatable bonds is 9. The van der Waals surface area contributed by atoms with Crippen LogP contribution in [0.3, 0.4) is 0 Å². The summed E-state index contributed by atoms with van der Waals surface area (Å²) in [6.07, 6.45) is 2.17. The van der Waals surface area contributed by atoms with Crippen LogP contribution in [0.15, 0.2) is 42.5 Å². The Morgan fingerprint density at radius 2 is 2.14 bits per heavy atom. The highest BCUT2D eigenvalue weighted by atomic mass is 16.6. The zero-order chi connectivity index (χ0) is 20.6. The largest absolute Gasteiger partial charge is 0.496 e. The van der Waals surface area contributed by atoms with Crippen molar-refractivity contribution in [2.75, 3.05) is 37.5 Å². The molecule has 0 unspecified atom stereocenters. The maximum Gasteiger partial charge on any atom is 0.296 e. The minimum atomic E-state index is -0.569. The molecule has 154 valence electrons. The van der Waals surface area contributed by atoms with E-state index in [1.54, 1.807) is 12.1 Å². The van der Waals surface area contributed by atoms with Crippen LogP contribution in [-0.2, 0) is 9.53 Å². The summed E-state index contributed by atoms with van der Waals surface area (Å²) in [6.45, 7) is 1.21. The van der Waals surface area contributed by atoms with Crippen LogP contribution in [-0.4, -0.2) is 43.8 Å². The number of carbonyl (C=O) groups is 1. The SMILES string of the molecule is COc1ccc(NC(=O)CNc2cccc(OC[C@H]3CCCO3)c2)c([N+](=O)[O-])c1. The Balaban J connectivity index is 1.54. The quantitative estimate of drug-likeness (QED) is 0.490. The van der Waals surface area contributed by atoms with Gasteiger partial charge in [-0.2, -0.15) is 0 Å². The molecule has 1 saturated heterocycles. The molecule has 3 rings (SSSR count). The lowest BCUT2D eigenvalue weighted by Gasteiger charge is -2.13. The third-order valence-electron chi connectivity index (χ3n) is 4.42. The second kappa shape index (κ2) is 9.74. The number of carbonyl (C=O) groups excluding carboxylic acids is 1. The van der Waals surface area contributed by atoms with Gasteiger partial charge >= 0.3 is 0 Å². The van der Waals surface area contributed by atoms with Crippen LogP contribution in [0.1, 0.15) is 12.8 Å². The summed E-state index contributed by atoms with van der Waals surface area (Å²) in [5.41, 5.74) is 0.577. The van der Waals surface area contributed by atoms with Gasteiger partial charge in [0.1, 0.15) is 23.8 Å². The zero-order valence-corrected chi connectivity index (χ0v) is 16.1. The number of benzene rings is 2. The van der Waals surface area contributed by atoms with E-state index < -0.39 is 10.8 Å². The summed E-state index contributed by atoms with van der Waals surface area (Å²) < 4.78 is 16.3. The van der Waals surface area contributed by atoms with Crippen LogP contribution in [0.4, 0.5) is 17.1 Å². The number of nitrogens with zero attached hydrogens (tertiary/aromatic N) is 1. The molecule has 0 aromatic heterocycles. The number of hydrogen-bond donors (Lipinski definition) is 2. The minimum Gasteiger partial charge on any atom is -0.496 e. The highest BCUT2D eigenvalue weighted by molar-refractivity contribution is 5.95. The first-order valence-corrected chi connectivity index (χ1v) is 9.26. The molecule has 9 nitrogen and oxygen atoms in total. The highest BCUT2D eigenvalue weighted by Crippen LogP contribution is 2.29. The van der Waals surface area contributed by atoms with Gasteiger partial charge in [-0.15, -0.1) is 0 Å². The van der Waals surface area contributed by atoms with Gasteiger partial charge in [0.15, 0.2) is 0 Å². The van der Waals surface area contributed by atoms with Crippen molar-refractivity contribution in [1.82, 2.24) is 0 Å². The molecule has 2 aromatic rings. The fourth-order valence-corrected chi connectivity index (χ4v) is 2.93. The maximum atomic E-state index is 12.2. The van der Waals surface area contributed by atoms with Gasteiger partial charge in [-0.25, -0.2) is 0 Å². The van der Waals surface area contributed by atoms with Gasteiger partial charge in [-0.1, -0.05) is 6.07 Å². The van der Waals surface area contributed by atoms with E-state index in [4.69, 9.17) is 14.2 Å². The zero-order valence-electron chi connectivity index (χ0n) is 16.1. The van der Waals surface area contributed by atoms with Crippen molar-refractivity contribution < 1.29 is 23.9 Å². The number of nitro groups is 1. The van der Waals surface area contributed by atoms with Crippen molar-refractivity contribution >= 4 is 23.0 Å². The van der Waals surface area contributed by atoms with Crippen molar-refractivity contribution in [3.05, 3.63) is 52.6 Å². The first-order chi connectivity index (χ1) is 14.0. The minimum absolute atomic E-state index is 0.0572. The normalized spacial score (nSPS) is 15.6. The molecule has 29 heavy (non-hydrogen) atoms. The Labute approximate surface area is 168 Å². The van der Waals surface area contributed by atoms with Crippen molar-refractivity contribution in [1.29, 1.82) is 0 Å². The van der Waals surface area contributed by atoms with E-state index in [2.05, 4.69) is 10.6 Å². The molecule has 0 aliphatic carbocycles. The van der Waals surface area contributed by atoms with Crippen LogP contribution in [0.25, 0.3) is 0 Å². The monoisotopic (exact) mass is 401 g/mol. The van der Waals surface area contributed by atoms with Crippen molar-refractivity contribution in [2.24, 2.45) is 0 Å². The van der Waals surface area contributed by atoms with Gasteiger partial charge in [0.05, 0.1) is 30.7 Å². The molecule has 0 spiro atoms. The number of methoxy groups -OCH3 is 1. The van der Waals surface area contributed by atoms with E-state index in [-0.39, 0.29) is 24.0 Å². The van der Waals surface area contributed by atoms with Crippen molar-refractivity contribution in [3.8, 4) is 11.5 Å². The number of nitro benzene ring substituents is 1. The number of hydrogen-bond acceptors (Lipinski definition) is 7. The Morgan fingerprint density at radius 1 is 1.28 bits per heavy atom. The van der Waals surface area contributed by atoms with E-state index in [9.17, 15) is 14.9 Å². The molecule has 1 aliphatic heterocycles. The lowest BCUT2D eigenvalue weighted by Crippen LogP contribution is -2.22. The Kier molecular flexibility index (Phi) is 6.85. The Hall–Kier alpha value is -3.33. The van der Waals surface area contributed by atoms with E-state index in [1.165, 1.54) is 19.2 Å². The number of amides is 1. The van der Waals surface area contributed by atoms with Crippen LogP contribution < -0.4 is 20.1 Å². The molecule has 1 amide bonds. The van der Waals surface area contributed by atoms with E-state index in [0.29, 0.717) is 23.8 Å². The molecule has 0 radical (unpaired) electrons. The first kappa shape index (κ1) is 20.4. The number of anilines is 2. The van der Waals surface area contributed by atoms with Crippen LogP contribution >= 0.6 is 0 Å². The summed E-state index contributed by atoms with van der Waals surface area (Å²) in [5.74, 6) is 0.605. The van der Waals surface area contributed by atoms with Gasteiger partial charge in [0.2, 0.25) is 5.91 Å². The first-order valence-electron chi connectivity index (χ1n) is 9.26. The summed E-state index contributed by atoms with van der Waals surface area (Å²) >= 11 is 0. The molecule has 1 fully saturated rings. The predicted molar refractivity (Wildman–Crippen MR) is 108 cm³/mol. The van der Waals surface area contributed by atoms with Crippen LogP contribution in [0.2, 0.25) is 0 Å². The smallest absolute Gasteiger partial charge is 0.296 e. The van der Waals surface area contributed by atoms with Gasteiger partial charge in [0.25, 0.3) is 5.69 Å². The average Bonchev–Trinajstić information content (AvgIpc) is 3.25. The average molecular weight is 401 g/mol. The molecular formula is C20H23N3O6. The van der Waals surface area contributed by atoms with E-state index in [1.807, 2.05) is 18.2 Å². The lowest BCUT2D eigenvalue weighted by molar-refractivity contribution is -0.384. The fraction of sp³-hybridized carbons (Fsp3) is 0.350. The van der Waals surface area contributed by atoms with E-state index >= 15 is 0 Å². The Bertz CT molecular complexity index is 867. The van der Waals surface area contributed by atoms with Crippen molar-refractivity contribution in [2.45, 2.75) is 18.9 Å². The summed E-state index contributed by atoms with van der Waals surface area (Å²) in [5, 5.41) is 16.7. The van der Waals surface area contributed by atoms with Crippen LogP contribution in [0, 0.1) is 10.1 Å². The lowest BCUT2D eigenvalue weighted by atomic mass is 10.2. The van der Waals surface area contributed by atoms with Crippen molar-refractivity contribution in [3.63, 3.8) is 0 Å². The third kappa shape index (κ3) is 5.82. The van der Waals surface area contributed by atoms with Gasteiger partial charge in [-0.3, -0.25) is 14.9 Å². The molecule has 1 heterocycles. The molecule has 0 saturated carbocycles. The Morgan fingerprint density at radius 3 is 2.86 bits per heavy atom. The third-order valence-corrected chi connectivity index (χ3v) is 4.42. The maximum absolute atomic E-state index is 12.2. The summed E-state index contributed by atoms with van der Waals surface area (Å²) in [6, 6.07) is 11.5. The second-order valence-corrected chi connectivity index (χ2v) is 6.52. The van der Waals surface area contributed by atoms with Gasteiger partial charge < -0.3 is 24.8 Å². The molecule has 2 N–H and O–H groups in total. The predicted octanol–water partition coefficient (Wildman–Crippen LogP) is 3.21. The fourth-order valence-electron chi connectivity index (χ4n) is 2.93. The molecular weight excluding hydrogens is 378 g/mol.